The van der Waals surface area contributed by atoms with Gasteiger partial charge < -0.3 is 14.5 Å². The summed E-state index contributed by atoms with van der Waals surface area (Å²) in [7, 11) is 1.40. The third-order valence-corrected chi connectivity index (χ3v) is 2.54. The monoisotopic (exact) mass is 265 g/mol. The number of ether oxygens (including phenoxy) is 1. The van der Waals surface area contributed by atoms with Gasteiger partial charge in [0, 0.05) is 25.1 Å². The van der Waals surface area contributed by atoms with Crippen molar-refractivity contribution >= 4 is 16.9 Å². The molecule has 0 aliphatic rings. The minimum absolute atomic E-state index is 0.0757. The van der Waals surface area contributed by atoms with Crippen LogP contribution in [0, 0.1) is 5.82 Å². The van der Waals surface area contributed by atoms with Crippen LogP contribution in [0.25, 0.3) is 11.0 Å². The van der Waals surface area contributed by atoms with Crippen LogP contribution in [0.2, 0.25) is 0 Å². The van der Waals surface area contributed by atoms with Gasteiger partial charge in [-0.3, -0.25) is 4.79 Å². The van der Waals surface area contributed by atoms with Gasteiger partial charge >= 0.3 is 5.63 Å². The molecule has 0 aliphatic heterocycles. The molecule has 0 spiro atoms. The third kappa shape index (κ3) is 3.17. The molecular weight excluding hydrogens is 253 g/mol. The molecule has 0 saturated carbocycles. The maximum atomic E-state index is 13.2. The van der Waals surface area contributed by atoms with Crippen LogP contribution in [0.4, 0.5) is 4.39 Å². The van der Waals surface area contributed by atoms with E-state index in [-0.39, 0.29) is 24.6 Å². The Hall–Kier alpha value is -2.21. The summed E-state index contributed by atoms with van der Waals surface area (Å²) in [5.74, 6) is -0.758. The number of rotatable bonds is 4. The standard InChI is InChI=1S/C13H12FNO4/c1-18-7-12(16)15-6-8-4-13(17)19-11-3-2-9(14)5-10(8)11/h2-5H,6-7H2,1H3,(H,15,16). The van der Waals surface area contributed by atoms with Crippen molar-refractivity contribution in [1.82, 2.24) is 5.32 Å². The molecule has 1 amide bonds. The predicted molar refractivity (Wildman–Crippen MR) is 66.2 cm³/mol. The first-order valence-electron chi connectivity index (χ1n) is 5.58. The Morgan fingerprint density at radius 1 is 1.42 bits per heavy atom. The SMILES string of the molecule is COCC(=O)NCc1cc(=O)oc2ccc(F)cc12. The van der Waals surface area contributed by atoms with E-state index in [1.807, 2.05) is 0 Å². The van der Waals surface area contributed by atoms with E-state index in [0.717, 1.165) is 0 Å². The van der Waals surface area contributed by atoms with Crippen molar-refractivity contribution in [3.05, 3.63) is 46.1 Å². The normalized spacial score (nSPS) is 10.6. The maximum Gasteiger partial charge on any atom is 0.336 e. The van der Waals surface area contributed by atoms with E-state index in [9.17, 15) is 14.0 Å². The fourth-order valence-corrected chi connectivity index (χ4v) is 1.72. The number of amides is 1. The number of carbonyl (C=O) groups excluding carboxylic acids is 1. The Morgan fingerprint density at radius 3 is 2.95 bits per heavy atom. The molecule has 0 fully saturated rings. The van der Waals surface area contributed by atoms with E-state index in [4.69, 9.17) is 4.42 Å². The molecule has 1 heterocycles. The average molecular weight is 265 g/mol. The maximum absolute atomic E-state index is 13.2. The van der Waals surface area contributed by atoms with Gasteiger partial charge in [-0.1, -0.05) is 0 Å². The van der Waals surface area contributed by atoms with Crippen LogP contribution in [0.3, 0.4) is 0 Å². The highest BCUT2D eigenvalue weighted by Crippen LogP contribution is 2.18. The smallest absolute Gasteiger partial charge is 0.336 e. The van der Waals surface area contributed by atoms with Crippen LogP contribution in [0.5, 0.6) is 0 Å². The van der Waals surface area contributed by atoms with Crippen molar-refractivity contribution in [3.63, 3.8) is 0 Å². The second kappa shape index (κ2) is 5.62. The zero-order valence-electron chi connectivity index (χ0n) is 10.2. The van der Waals surface area contributed by atoms with Gasteiger partial charge in [0.05, 0.1) is 0 Å². The summed E-state index contributed by atoms with van der Waals surface area (Å²) in [6.45, 7) is 0.0292. The first-order chi connectivity index (χ1) is 9.10. The largest absolute Gasteiger partial charge is 0.423 e. The van der Waals surface area contributed by atoms with Gasteiger partial charge in [0.2, 0.25) is 5.91 Å². The van der Waals surface area contributed by atoms with Gasteiger partial charge in [-0.15, -0.1) is 0 Å². The van der Waals surface area contributed by atoms with Crippen molar-refractivity contribution in [1.29, 1.82) is 0 Å². The number of hydrogen-bond donors (Lipinski definition) is 1. The topological polar surface area (TPSA) is 68.5 Å². The Morgan fingerprint density at radius 2 is 2.21 bits per heavy atom. The third-order valence-electron chi connectivity index (χ3n) is 2.54. The minimum atomic E-state index is -0.546. The van der Waals surface area contributed by atoms with Crippen molar-refractivity contribution < 1.29 is 18.3 Å². The fraction of sp³-hybridized carbons (Fsp3) is 0.231. The Labute approximate surface area is 108 Å². The molecule has 2 rings (SSSR count). The molecule has 100 valence electrons. The lowest BCUT2D eigenvalue weighted by Crippen LogP contribution is -2.27. The summed E-state index contributed by atoms with van der Waals surface area (Å²) in [6, 6.07) is 5.08. The highest BCUT2D eigenvalue weighted by Gasteiger charge is 2.08. The Kier molecular flexibility index (Phi) is 3.91. The number of hydrogen-bond acceptors (Lipinski definition) is 4. The molecule has 2 aromatic rings. The Balaban J connectivity index is 2.33. The van der Waals surface area contributed by atoms with Crippen LogP contribution in [0.1, 0.15) is 5.56 Å². The molecule has 1 aromatic carbocycles. The lowest BCUT2D eigenvalue weighted by atomic mass is 10.1. The van der Waals surface area contributed by atoms with E-state index in [0.29, 0.717) is 10.9 Å². The summed E-state index contributed by atoms with van der Waals surface area (Å²) in [4.78, 5) is 22.7. The fourth-order valence-electron chi connectivity index (χ4n) is 1.72. The van der Waals surface area contributed by atoms with E-state index >= 15 is 0 Å². The summed E-state index contributed by atoms with van der Waals surface area (Å²) in [5, 5.41) is 3.03. The van der Waals surface area contributed by atoms with Crippen molar-refractivity contribution in [3.8, 4) is 0 Å². The quantitative estimate of drug-likeness (QED) is 0.843. The molecule has 1 N–H and O–H groups in total. The molecular formula is C13H12FNO4. The lowest BCUT2D eigenvalue weighted by molar-refractivity contribution is -0.124. The molecule has 0 aliphatic carbocycles. The zero-order valence-corrected chi connectivity index (χ0v) is 10.2. The summed E-state index contributed by atoms with van der Waals surface area (Å²) in [6.07, 6.45) is 0. The van der Waals surface area contributed by atoms with Gasteiger partial charge in [0.1, 0.15) is 18.0 Å². The highest BCUT2D eigenvalue weighted by molar-refractivity contribution is 5.81. The van der Waals surface area contributed by atoms with Crippen molar-refractivity contribution in [2.45, 2.75) is 6.54 Å². The lowest BCUT2D eigenvalue weighted by Gasteiger charge is -2.07. The molecule has 0 unspecified atom stereocenters. The number of nitrogens with one attached hydrogen (secondary N) is 1. The summed E-state index contributed by atoms with van der Waals surface area (Å²) >= 11 is 0. The van der Waals surface area contributed by atoms with Crippen LogP contribution < -0.4 is 10.9 Å². The highest BCUT2D eigenvalue weighted by atomic mass is 19.1. The minimum Gasteiger partial charge on any atom is -0.423 e. The van der Waals surface area contributed by atoms with Crippen LogP contribution >= 0.6 is 0 Å². The van der Waals surface area contributed by atoms with Gasteiger partial charge in [0.25, 0.3) is 0 Å². The Bertz CT molecular complexity index is 665. The van der Waals surface area contributed by atoms with Crippen molar-refractivity contribution in [2.75, 3.05) is 13.7 Å². The molecule has 0 atom stereocenters. The summed E-state index contributed by atoms with van der Waals surface area (Å²) < 4.78 is 22.8. The van der Waals surface area contributed by atoms with Crippen LogP contribution in [-0.2, 0) is 16.1 Å². The number of benzene rings is 1. The van der Waals surface area contributed by atoms with E-state index < -0.39 is 11.4 Å². The molecule has 19 heavy (non-hydrogen) atoms. The van der Waals surface area contributed by atoms with Gasteiger partial charge in [-0.25, -0.2) is 9.18 Å². The molecule has 1 aromatic heterocycles. The number of fused-ring (bicyclic) bond motifs is 1. The van der Waals surface area contributed by atoms with Crippen LogP contribution in [0.15, 0.2) is 33.5 Å². The predicted octanol–water partition coefficient (Wildman–Crippen LogP) is 1.19. The number of methoxy groups -OCH3 is 1. The van der Waals surface area contributed by atoms with E-state index in [1.54, 1.807) is 0 Å². The average Bonchev–Trinajstić information content (AvgIpc) is 2.37. The van der Waals surface area contributed by atoms with E-state index in [2.05, 4.69) is 10.1 Å². The first kappa shape index (κ1) is 13.2. The van der Waals surface area contributed by atoms with E-state index in [1.165, 1.54) is 31.4 Å². The van der Waals surface area contributed by atoms with Gasteiger partial charge in [0.15, 0.2) is 0 Å². The van der Waals surface area contributed by atoms with Gasteiger partial charge in [-0.05, 0) is 23.8 Å². The first-order valence-corrected chi connectivity index (χ1v) is 5.58. The second-order valence-electron chi connectivity index (χ2n) is 3.94. The molecule has 0 saturated heterocycles. The molecule has 5 nitrogen and oxygen atoms in total. The molecule has 0 radical (unpaired) electrons. The second-order valence-corrected chi connectivity index (χ2v) is 3.94. The van der Waals surface area contributed by atoms with Crippen LogP contribution in [-0.4, -0.2) is 19.6 Å². The van der Waals surface area contributed by atoms with Gasteiger partial charge in [-0.2, -0.15) is 0 Å². The van der Waals surface area contributed by atoms with Crippen molar-refractivity contribution in [2.24, 2.45) is 0 Å². The number of carbonyl (C=O) groups is 1. The zero-order chi connectivity index (χ0) is 13.8. The molecule has 6 heteroatoms. The number of halogens is 1. The molecule has 0 bridgehead atoms. The summed E-state index contributed by atoms with van der Waals surface area (Å²) in [5.41, 5.74) is 0.232.